The highest BCUT2D eigenvalue weighted by Gasteiger charge is 2.33. The highest BCUT2D eigenvalue weighted by atomic mass is 35.5. The average molecular weight is 651 g/mol. The zero-order valence-corrected chi connectivity index (χ0v) is 27.4. The molecule has 0 radical (unpaired) electrons. The maximum atomic E-state index is 14.1. The number of carbonyl (C=O) groups excluding carboxylic acids is 2. The van der Waals surface area contributed by atoms with Crippen LogP contribution in [0.4, 0.5) is 5.69 Å². The molecule has 0 saturated heterocycles. The standard InChI is InChI=1S/C31H37Cl2N3O6S/c1-7-21(3)34-31(38)22(4)35(18-23-10-11-24(32)16-27(23)33)30(37)19-36(25-12-8-20(2)9-13-25)43(39,40)26-14-15-28(41-5)29(17-26)42-6/h8-17,21-22H,7,18-19H2,1-6H3,(H,34,38)/t21-,22+/m1/s1. The topological polar surface area (TPSA) is 105 Å². The summed E-state index contributed by atoms with van der Waals surface area (Å²) < 4.78 is 39.9. The van der Waals surface area contributed by atoms with Crippen LogP contribution in [0, 0.1) is 6.92 Å². The van der Waals surface area contributed by atoms with E-state index in [1.165, 1.54) is 37.3 Å². The highest BCUT2D eigenvalue weighted by Crippen LogP contribution is 2.32. The number of carbonyl (C=O) groups is 2. The van der Waals surface area contributed by atoms with Crippen molar-refractivity contribution in [1.82, 2.24) is 10.2 Å². The number of aryl methyl sites for hydroxylation is 1. The van der Waals surface area contributed by atoms with Gasteiger partial charge in [0.2, 0.25) is 11.8 Å². The van der Waals surface area contributed by atoms with Crippen LogP contribution < -0.4 is 19.1 Å². The van der Waals surface area contributed by atoms with E-state index in [0.29, 0.717) is 27.8 Å². The van der Waals surface area contributed by atoms with Crippen LogP contribution in [0.3, 0.4) is 0 Å². The van der Waals surface area contributed by atoms with E-state index >= 15 is 0 Å². The number of amides is 2. The van der Waals surface area contributed by atoms with Gasteiger partial charge in [-0.3, -0.25) is 13.9 Å². The van der Waals surface area contributed by atoms with E-state index in [9.17, 15) is 18.0 Å². The number of sulfonamides is 1. The van der Waals surface area contributed by atoms with Crippen LogP contribution in [0.5, 0.6) is 11.5 Å². The maximum absolute atomic E-state index is 14.1. The summed E-state index contributed by atoms with van der Waals surface area (Å²) in [5, 5.41) is 3.63. The van der Waals surface area contributed by atoms with Crippen molar-refractivity contribution in [2.45, 2.75) is 57.6 Å². The number of anilines is 1. The van der Waals surface area contributed by atoms with Crippen LogP contribution in [-0.2, 0) is 26.2 Å². The number of nitrogens with one attached hydrogen (secondary N) is 1. The predicted octanol–water partition coefficient (Wildman–Crippen LogP) is 5.85. The first-order valence-electron chi connectivity index (χ1n) is 13.7. The number of hydrogen-bond donors (Lipinski definition) is 1. The predicted molar refractivity (Wildman–Crippen MR) is 170 cm³/mol. The van der Waals surface area contributed by atoms with Gasteiger partial charge in [0, 0.05) is 28.7 Å². The van der Waals surface area contributed by atoms with Gasteiger partial charge >= 0.3 is 0 Å². The van der Waals surface area contributed by atoms with Gasteiger partial charge in [-0.1, -0.05) is 53.9 Å². The molecular formula is C31H37Cl2N3O6S. The van der Waals surface area contributed by atoms with Crippen molar-refractivity contribution < 1.29 is 27.5 Å². The van der Waals surface area contributed by atoms with Gasteiger partial charge in [0.15, 0.2) is 11.5 Å². The van der Waals surface area contributed by atoms with E-state index in [2.05, 4.69) is 5.32 Å². The number of methoxy groups -OCH3 is 2. The molecule has 3 aromatic rings. The van der Waals surface area contributed by atoms with Crippen molar-refractivity contribution in [3.63, 3.8) is 0 Å². The number of rotatable bonds is 13. The van der Waals surface area contributed by atoms with Crippen LogP contribution >= 0.6 is 23.2 Å². The summed E-state index contributed by atoms with van der Waals surface area (Å²) in [5.74, 6) is -0.417. The third-order valence-electron chi connectivity index (χ3n) is 7.07. The molecular weight excluding hydrogens is 613 g/mol. The van der Waals surface area contributed by atoms with Gasteiger partial charge in [0.25, 0.3) is 10.0 Å². The minimum Gasteiger partial charge on any atom is -0.493 e. The summed E-state index contributed by atoms with van der Waals surface area (Å²) in [6, 6.07) is 14.7. The molecule has 43 heavy (non-hydrogen) atoms. The fraction of sp³-hybridized carbons (Fsp3) is 0.355. The molecule has 0 aliphatic rings. The molecule has 12 heteroatoms. The molecule has 0 heterocycles. The van der Waals surface area contributed by atoms with Gasteiger partial charge in [0.1, 0.15) is 12.6 Å². The Morgan fingerprint density at radius 2 is 1.58 bits per heavy atom. The van der Waals surface area contributed by atoms with E-state index in [1.54, 1.807) is 49.4 Å². The first-order chi connectivity index (χ1) is 20.3. The number of benzene rings is 3. The van der Waals surface area contributed by atoms with Gasteiger partial charge < -0.3 is 19.7 Å². The van der Waals surface area contributed by atoms with Crippen molar-refractivity contribution in [3.05, 3.63) is 81.8 Å². The molecule has 0 saturated carbocycles. The second-order valence-corrected chi connectivity index (χ2v) is 12.8. The van der Waals surface area contributed by atoms with Gasteiger partial charge in [-0.25, -0.2) is 8.42 Å². The van der Waals surface area contributed by atoms with Crippen molar-refractivity contribution in [3.8, 4) is 11.5 Å². The third-order valence-corrected chi connectivity index (χ3v) is 9.42. The van der Waals surface area contributed by atoms with Gasteiger partial charge in [-0.15, -0.1) is 0 Å². The van der Waals surface area contributed by atoms with Crippen LogP contribution in [-0.4, -0.2) is 58.0 Å². The Morgan fingerprint density at radius 1 is 0.930 bits per heavy atom. The molecule has 0 unspecified atom stereocenters. The minimum atomic E-state index is -4.30. The molecule has 0 aromatic heterocycles. The minimum absolute atomic E-state index is 0.0535. The molecule has 1 N–H and O–H groups in total. The van der Waals surface area contributed by atoms with Crippen molar-refractivity contribution in [2.24, 2.45) is 0 Å². The summed E-state index contributed by atoms with van der Waals surface area (Å²) >= 11 is 12.5. The average Bonchev–Trinajstić information content (AvgIpc) is 2.98. The molecule has 0 fully saturated rings. The van der Waals surface area contributed by atoms with E-state index in [-0.39, 0.29) is 34.8 Å². The summed E-state index contributed by atoms with van der Waals surface area (Å²) in [7, 11) is -1.45. The van der Waals surface area contributed by atoms with Crippen LogP contribution in [0.2, 0.25) is 10.0 Å². The van der Waals surface area contributed by atoms with E-state index in [1.807, 2.05) is 20.8 Å². The smallest absolute Gasteiger partial charge is 0.264 e. The second kappa shape index (κ2) is 14.8. The number of ether oxygens (including phenoxy) is 2. The Hall–Kier alpha value is -3.47. The lowest BCUT2D eigenvalue weighted by Gasteiger charge is -2.32. The largest absolute Gasteiger partial charge is 0.493 e. The molecule has 9 nitrogen and oxygen atoms in total. The van der Waals surface area contributed by atoms with Crippen LogP contribution in [0.25, 0.3) is 0 Å². The second-order valence-electron chi connectivity index (χ2n) is 10.1. The fourth-order valence-electron chi connectivity index (χ4n) is 4.23. The van der Waals surface area contributed by atoms with Crippen LogP contribution in [0.1, 0.15) is 38.3 Å². The zero-order valence-electron chi connectivity index (χ0n) is 25.1. The molecule has 0 spiro atoms. The zero-order chi connectivity index (χ0) is 31.9. The van der Waals surface area contributed by atoms with Crippen molar-refractivity contribution >= 4 is 50.7 Å². The van der Waals surface area contributed by atoms with E-state index in [0.717, 1.165) is 9.87 Å². The molecule has 2 amide bonds. The maximum Gasteiger partial charge on any atom is 0.264 e. The van der Waals surface area contributed by atoms with Crippen molar-refractivity contribution in [2.75, 3.05) is 25.1 Å². The first-order valence-corrected chi connectivity index (χ1v) is 15.9. The van der Waals surface area contributed by atoms with Gasteiger partial charge in [0.05, 0.1) is 24.8 Å². The summed E-state index contributed by atoms with van der Waals surface area (Å²) in [4.78, 5) is 28.5. The van der Waals surface area contributed by atoms with Crippen LogP contribution in [0.15, 0.2) is 65.6 Å². The fourth-order valence-corrected chi connectivity index (χ4v) is 6.12. The number of hydrogen-bond acceptors (Lipinski definition) is 6. The Kier molecular flexibility index (Phi) is 11.7. The molecule has 3 rings (SSSR count). The highest BCUT2D eigenvalue weighted by molar-refractivity contribution is 7.92. The normalized spacial score (nSPS) is 12.7. The lowest BCUT2D eigenvalue weighted by atomic mass is 10.1. The Morgan fingerprint density at radius 3 is 2.16 bits per heavy atom. The Labute approximate surface area is 263 Å². The monoisotopic (exact) mass is 649 g/mol. The number of nitrogens with zero attached hydrogens (tertiary/aromatic N) is 2. The third kappa shape index (κ3) is 8.34. The lowest BCUT2D eigenvalue weighted by molar-refractivity contribution is -0.139. The Bertz CT molecular complexity index is 1550. The Balaban J connectivity index is 2.08. The van der Waals surface area contributed by atoms with Gasteiger partial charge in [-0.05, 0) is 69.2 Å². The molecule has 3 aromatic carbocycles. The quantitative estimate of drug-likeness (QED) is 0.249. The van der Waals surface area contributed by atoms with Gasteiger partial charge in [-0.2, -0.15) is 0 Å². The number of halogens is 2. The van der Waals surface area contributed by atoms with E-state index in [4.69, 9.17) is 32.7 Å². The molecule has 0 bridgehead atoms. The SMILES string of the molecule is CC[C@@H](C)NC(=O)[C@H](C)N(Cc1ccc(Cl)cc1Cl)C(=O)CN(c1ccc(C)cc1)S(=O)(=O)c1ccc(OC)c(OC)c1. The summed E-state index contributed by atoms with van der Waals surface area (Å²) in [6.45, 7) is 6.62. The molecule has 0 aliphatic carbocycles. The van der Waals surface area contributed by atoms with E-state index < -0.39 is 28.5 Å². The van der Waals surface area contributed by atoms with Crippen molar-refractivity contribution in [1.29, 1.82) is 0 Å². The molecule has 0 aliphatic heterocycles. The lowest BCUT2D eigenvalue weighted by Crippen LogP contribution is -2.52. The molecule has 2 atom stereocenters. The molecule has 232 valence electrons. The summed E-state index contributed by atoms with van der Waals surface area (Å²) in [6.07, 6.45) is 0.695. The first kappa shape index (κ1) is 34.0. The summed E-state index contributed by atoms with van der Waals surface area (Å²) in [5.41, 5.74) is 1.73.